The van der Waals surface area contributed by atoms with Crippen molar-refractivity contribution >= 4 is 34.8 Å². The van der Waals surface area contributed by atoms with Crippen LogP contribution in [0.5, 0.6) is 5.75 Å². The summed E-state index contributed by atoms with van der Waals surface area (Å²) in [7, 11) is 1.56. The Kier molecular flexibility index (Phi) is 6.64. The van der Waals surface area contributed by atoms with Crippen LogP contribution in [0.3, 0.4) is 0 Å². The molecular formula is C20H23ClN2O3. The molecule has 138 valence electrons. The largest absolute Gasteiger partial charge is 0.495 e. The second kappa shape index (κ2) is 8.72. The van der Waals surface area contributed by atoms with Crippen LogP contribution in [0.1, 0.15) is 24.5 Å². The van der Waals surface area contributed by atoms with Crippen LogP contribution in [-0.2, 0) is 9.59 Å². The van der Waals surface area contributed by atoms with Gasteiger partial charge in [-0.3, -0.25) is 9.59 Å². The van der Waals surface area contributed by atoms with Gasteiger partial charge in [-0.05, 0) is 49.2 Å². The van der Waals surface area contributed by atoms with E-state index in [-0.39, 0.29) is 24.8 Å². The van der Waals surface area contributed by atoms with E-state index in [1.54, 1.807) is 24.1 Å². The van der Waals surface area contributed by atoms with E-state index in [1.807, 2.05) is 38.1 Å². The van der Waals surface area contributed by atoms with Gasteiger partial charge in [-0.2, -0.15) is 0 Å². The Morgan fingerprint density at radius 3 is 2.54 bits per heavy atom. The molecule has 0 aliphatic heterocycles. The first-order valence-corrected chi connectivity index (χ1v) is 8.68. The Balaban J connectivity index is 2.10. The highest BCUT2D eigenvalue weighted by molar-refractivity contribution is 6.31. The summed E-state index contributed by atoms with van der Waals surface area (Å²) >= 11 is 6.05. The van der Waals surface area contributed by atoms with Gasteiger partial charge in [0.25, 0.3) is 0 Å². The number of carbonyl (C=O) groups excluding carboxylic acids is 2. The standard InChI is InChI=1S/C20H23ClN2O3/c1-13-5-8-19(26-4)17(11-13)22-20(25)9-10-23(15(3)24)18-12-16(21)7-6-14(18)2/h5-8,11-12H,9-10H2,1-4H3,(H,22,25). The molecule has 0 saturated heterocycles. The van der Waals surface area contributed by atoms with Crippen molar-refractivity contribution in [3.63, 3.8) is 0 Å². The fourth-order valence-electron chi connectivity index (χ4n) is 2.67. The van der Waals surface area contributed by atoms with Crippen LogP contribution in [0.15, 0.2) is 36.4 Å². The average Bonchev–Trinajstić information content (AvgIpc) is 2.58. The maximum Gasteiger partial charge on any atom is 0.226 e. The van der Waals surface area contributed by atoms with Gasteiger partial charge in [0.1, 0.15) is 5.75 Å². The first-order valence-electron chi connectivity index (χ1n) is 8.30. The number of hydrogen-bond donors (Lipinski definition) is 1. The first kappa shape index (κ1) is 19.8. The van der Waals surface area contributed by atoms with E-state index >= 15 is 0 Å². The van der Waals surface area contributed by atoms with Crippen molar-refractivity contribution < 1.29 is 14.3 Å². The SMILES string of the molecule is COc1ccc(C)cc1NC(=O)CCN(C(C)=O)c1cc(Cl)ccc1C. The molecule has 0 saturated carbocycles. The van der Waals surface area contributed by atoms with E-state index in [2.05, 4.69) is 5.32 Å². The number of nitrogens with zero attached hydrogens (tertiary/aromatic N) is 1. The Bertz CT molecular complexity index is 821. The van der Waals surface area contributed by atoms with Crippen molar-refractivity contribution in [1.82, 2.24) is 0 Å². The van der Waals surface area contributed by atoms with Gasteiger partial charge in [-0.1, -0.05) is 23.7 Å². The lowest BCUT2D eigenvalue weighted by Gasteiger charge is -2.23. The van der Waals surface area contributed by atoms with Crippen LogP contribution >= 0.6 is 11.6 Å². The third-order valence-electron chi connectivity index (χ3n) is 4.03. The number of anilines is 2. The number of rotatable bonds is 6. The Labute approximate surface area is 158 Å². The predicted molar refractivity (Wildman–Crippen MR) is 105 cm³/mol. The highest BCUT2D eigenvalue weighted by Crippen LogP contribution is 2.26. The van der Waals surface area contributed by atoms with E-state index < -0.39 is 0 Å². The van der Waals surface area contributed by atoms with Crippen LogP contribution in [-0.4, -0.2) is 25.5 Å². The van der Waals surface area contributed by atoms with E-state index in [0.29, 0.717) is 22.1 Å². The molecule has 0 fully saturated rings. The quantitative estimate of drug-likeness (QED) is 0.817. The smallest absolute Gasteiger partial charge is 0.226 e. The molecular weight excluding hydrogens is 352 g/mol. The minimum absolute atomic E-state index is 0.142. The summed E-state index contributed by atoms with van der Waals surface area (Å²) in [6.45, 7) is 5.58. The lowest BCUT2D eigenvalue weighted by Crippen LogP contribution is -2.32. The third kappa shape index (κ3) is 4.99. The second-order valence-electron chi connectivity index (χ2n) is 6.10. The van der Waals surface area contributed by atoms with Crippen molar-refractivity contribution in [3.8, 4) is 5.75 Å². The van der Waals surface area contributed by atoms with Crippen LogP contribution in [0.2, 0.25) is 5.02 Å². The molecule has 0 aromatic heterocycles. The molecule has 0 spiro atoms. The van der Waals surface area contributed by atoms with Crippen molar-refractivity contribution in [2.45, 2.75) is 27.2 Å². The molecule has 5 nitrogen and oxygen atoms in total. The molecule has 2 aromatic carbocycles. The molecule has 0 aliphatic rings. The number of methoxy groups -OCH3 is 1. The molecule has 26 heavy (non-hydrogen) atoms. The Morgan fingerprint density at radius 2 is 1.88 bits per heavy atom. The fourth-order valence-corrected chi connectivity index (χ4v) is 2.83. The summed E-state index contributed by atoms with van der Waals surface area (Å²) in [5.41, 5.74) is 3.27. The molecule has 0 radical (unpaired) electrons. The number of nitrogens with one attached hydrogen (secondary N) is 1. The lowest BCUT2D eigenvalue weighted by atomic mass is 10.1. The van der Waals surface area contributed by atoms with E-state index in [0.717, 1.165) is 11.1 Å². The van der Waals surface area contributed by atoms with Gasteiger partial charge in [0.2, 0.25) is 11.8 Å². The normalized spacial score (nSPS) is 10.3. The summed E-state index contributed by atoms with van der Waals surface area (Å²) < 4.78 is 5.27. The number of benzene rings is 2. The third-order valence-corrected chi connectivity index (χ3v) is 4.27. The number of carbonyl (C=O) groups is 2. The number of hydrogen-bond acceptors (Lipinski definition) is 3. The molecule has 0 aliphatic carbocycles. The summed E-state index contributed by atoms with van der Waals surface area (Å²) in [5.74, 6) is 0.259. The molecule has 2 rings (SSSR count). The van der Waals surface area contributed by atoms with Crippen molar-refractivity contribution in [2.75, 3.05) is 23.9 Å². The molecule has 0 atom stereocenters. The number of amides is 2. The highest BCUT2D eigenvalue weighted by Gasteiger charge is 2.16. The minimum Gasteiger partial charge on any atom is -0.495 e. The lowest BCUT2D eigenvalue weighted by molar-refractivity contribution is -0.117. The molecule has 0 heterocycles. The van der Waals surface area contributed by atoms with Gasteiger partial charge >= 0.3 is 0 Å². The van der Waals surface area contributed by atoms with Crippen molar-refractivity contribution in [3.05, 3.63) is 52.5 Å². The average molecular weight is 375 g/mol. The maximum atomic E-state index is 12.4. The second-order valence-corrected chi connectivity index (χ2v) is 6.54. The van der Waals surface area contributed by atoms with E-state index in [4.69, 9.17) is 16.3 Å². The van der Waals surface area contributed by atoms with Gasteiger partial charge in [0.05, 0.1) is 12.8 Å². The van der Waals surface area contributed by atoms with Gasteiger partial charge in [-0.25, -0.2) is 0 Å². The Morgan fingerprint density at radius 1 is 1.15 bits per heavy atom. The number of halogens is 1. The molecule has 6 heteroatoms. The fraction of sp³-hybridized carbons (Fsp3) is 0.300. The molecule has 0 unspecified atom stereocenters. The summed E-state index contributed by atoms with van der Waals surface area (Å²) in [6.07, 6.45) is 0.155. The Hall–Kier alpha value is -2.53. The van der Waals surface area contributed by atoms with Crippen LogP contribution < -0.4 is 15.0 Å². The zero-order valence-corrected chi connectivity index (χ0v) is 16.2. The summed E-state index contributed by atoms with van der Waals surface area (Å²) in [6, 6.07) is 10.9. The number of aryl methyl sites for hydroxylation is 2. The molecule has 2 aromatic rings. The first-order chi connectivity index (χ1) is 12.3. The van der Waals surface area contributed by atoms with Crippen LogP contribution in [0.25, 0.3) is 0 Å². The van der Waals surface area contributed by atoms with Gasteiger partial charge < -0.3 is 15.0 Å². The monoisotopic (exact) mass is 374 g/mol. The van der Waals surface area contributed by atoms with Gasteiger partial charge in [0, 0.05) is 30.6 Å². The molecule has 2 amide bonds. The van der Waals surface area contributed by atoms with E-state index in [1.165, 1.54) is 6.92 Å². The van der Waals surface area contributed by atoms with Gasteiger partial charge in [-0.15, -0.1) is 0 Å². The van der Waals surface area contributed by atoms with Gasteiger partial charge in [0.15, 0.2) is 0 Å². The van der Waals surface area contributed by atoms with Crippen LogP contribution in [0.4, 0.5) is 11.4 Å². The van der Waals surface area contributed by atoms with Crippen molar-refractivity contribution in [2.24, 2.45) is 0 Å². The molecule has 1 N–H and O–H groups in total. The van der Waals surface area contributed by atoms with Crippen LogP contribution in [0, 0.1) is 13.8 Å². The number of ether oxygens (including phenoxy) is 1. The predicted octanol–water partition coefficient (Wildman–Crippen LogP) is 4.35. The summed E-state index contributed by atoms with van der Waals surface area (Å²) in [4.78, 5) is 26.0. The minimum atomic E-state index is -0.195. The maximum absolute atomic E-state index is 12.4. The zero-order valence-electron chi connectivity index (χ0n) is 15.4. The zero-order chi connectivity index (χ0) is 19.3. The topological polar surface area (TPSA) is 58.6 Å². The summed E-state index contributed by atoms with van der Waals surface area (Å²) in [5, 5.41) is 3.39. The highest BCUT2D eigenvalue weighted by atomic mass is 35.5. The van der Waals surface area contributed by atoms with Crippen molar-refractivity contribution in [1.29, 1.82) is 0 Å². The van der Waals surface area contributed by atoms with E-state index in [9.17, 15) is 9.59 Å². The molecule has 0 bridgehead atoms.